The van der Waals surface area contributed by atoms with Crippen LogP contribution in [0.2, 0.25) is 0 Å². The minimum absolute atomic E-state index is 0. The van der Waals surface area contributed by atoms with E-state index in [4.69, 9.17) is 0 Å². The lowest BCUT2D eigenvalue weighted by Gasteiger charge is -2.46. The number of anilines is 2. The largest absolute Gasteiger partial charge is 0.393 e. The second kappa shape index (κ2) is 9.40. The van der Waals surface area contributed by atoms with E-state index in [0.717, 1.165) is 55.2 Å². The standard InChI is InChI=1S/C26H27F3N6O2S.H2/c27-26(28,29)12-19-9-20-22(31-15-32-23(20)38-19)35-7-5-25(14-35)10-18(11-25)33-17-3-1-16(2-4-17)24(37)34-8-6-30-21(36)13-34;/h1-4,9,15,18,33H,5-8,10-14H2,(H,30,36);1H. The van der Waals surface area contributed by atoms with Crippen LogP contribution in [0.3, 0.4) is 0 Å². The van der Waals surface area contributed by atoms with E-state index in [9.17, 15) is 22.8 Å². The number of alkyl halides is 3. The van der Waals surface area contributed by atoms with Crippen LogP contribution in [0.4, 0.5) is 24.7 Å². The zero-order valence-electron chi connectivity index (χ0n) is 20.6. The van der Waals surface area contributed by atoms with Crippen molar-refractivity contribution in [2.75, 3.05) is 42.9 Å². The van der Waals surface area contributed by atoms with Crippen LogP contribution in [0.25, 0.3) is 10.2 Å². The molecule has 1 spiro atoms. The molecule has 38 heavy (non-hydrogen) atoms. The van der Waals surface area contributed by atoms with E-state index >= 15 is 0 Å². The molecule has 3 aromatic rings. The van der Waals surface area contributed by atoms with Gasteiger partial charge >= 0.3 is 6.18 Å². The number of thiophene rings is 1. The van der Waals surface area contributed by atoms with Crippen molar-refractivity contribution in [2.24, 2.45) is 5.41 Å². The number of aromatic nitrogens is 2. The van der Waals surface area contributed by atoms with E-state index in [1.807, 2.05) is 12.1 Å². The highest BCUT2D eigenvalue weighted by Crippen LogP contribution is 2.50. The van der Waals surface area contributed by atoms with Crippen LogP contribution in [-0.4, -0.2) is 71.6 Å². The maximum atomic E-state index is 12.9. The molecule has 12 heteroatoms. The van der Waals surface area contributed by atoms with Gasteiger partial charge in [0, 0.05) is 49.8 Å². The Morgan fingerprint density at radius 2 is 2.00 bits per heavy atom. The molecule has 1 saturated carbocycles. The van der Waals surface area contributed by atoms with E-state index in [0.29, 0.717) is 34.9 Å². The van der Waals surface area contributed by atoms with Crippen molar-refractivity contribution >= 4 is 44.9 Å². The smallest absolute Gasteiger partial charge is 0.382 e. The van der Waals surface area contributed by atoms with Gasteiger partial charge in [-0.2, -0.15) is 13.2 Å². The van der Waals surface area contributed by atoms with Gasteiger partial charge < -0.3 is 20.4 Å². The van der Waals surface area contributed by atoms with E-state index in [1.165, 1.54) is 6.33 Å². The molecule has 0 radical (unpaired) electrons. The van der Waals surface area contributed by atoms with Crippen molar-refractivity contribution in [1.82, 2.24) is 20.2 Å². The average Bonchev–Trinajstić information content (AvgIpc) is 3.47. The molecule has 2 saturated heterocycles. The molecule has 2 aromatic heterocycles. The number of carbonyl (C=O) groups is 2. The first-order valence-electron chi connectivity index (χ1n) is 12.6. The number of hydrogen-bond donors (Lipinski definition) is 2. The molecule has 8 nitrogen and oxygen atoms in total. The van der Waals surface area contributed by atoms with E-state index in [1.54, 1.807) is 23.1 Å². The lowest BCUT2D eigenvalue weighted by molar-refractivity contribution is -0.126. The Bertz CT molecular complexity index is 1380. The second-order valence-electron chi connectivity index (χ2n) is 10.5. The van der Waals surface area contributed by atoms with Gasteiger partial charge in [0.1, 0.15) is 17.0 Å². The number of piperazine rings is 1. The highest BCUT2D eigenvalue weighted by Gasteiger charge is 2.49. The highest BCUT2D eigenvalue weighted by atomic mass is 32.1. The summed E-state index contributed by atoms with van der Waals surface area (Å²) in [5.41, 5.74) is 1.66. The fraction of sp³-hybridized carbons (Fsp3) is 0.462. The predicted molar refractivity (Wildman–Crippen MR) is 141 cm³/mol. The fourth-order valence-corrected chi connectivity index (χ4v) is 6.93. The van der Waals surface area contributed by atoms with Gasteiger partial charge in [-0.05, 0) is 55.0 Å². The maximum Gasteiger partial charge on any atom is 0.393 e. The summed E-state index contributed by atoms with van der Waals surface area (Å²) in [4.78, 5) is 37.5. The van der Waals surface area contributed by atoms with Crippen LogP contribution in [0, 0.1) is 5.41 Å². The molecule has 0 unspecified atom stereocenters. The van der Waals surface area contributed by atoms with Crippen LogP contribution in [-0.2, 0) is 11.2 Å². The van der Waals surface area contributed by atoms with Gasteiger partial charge in [0.25, 0.3) is 5.91 Å². The molecule has 6 rings (SSSR count). The summed E-state index contributed by atoms with van der Waals surface area (Å²) in [5.74, 6) is 0.437. The summed E-state index contributed by atoms with van der Waals surface area (Å²) < 4.78 is 38.7. The monoisotopic (exact) mass is 546 g/mol. The van der Waals surface area contributed by atoms with Crippen LogP contribution in [0.5, 0.6) is 0 Å². The number of rotatable bonds is 5. The van der Waals surface area contributed by atoms with Gasteiger partial charge in [-0.15, -0.1) is 11.3 Å². The molecule has 0 bridgehead atoms. The third-order valence-electron chi connectivity index (χ3n) is 7.66. The number of hydrogen-bond acceptors (Lipinski definition) is 7. The van der Waals surface area contributed by atoms with Crippen molar-refractivity contribution in [3.63, 3.8) is 0 Å². The number of nitrogens with zero attached hydrogens (tertiary/aromatic N) is 4. The third-order valence-corrected chi connectivity index (χ3v) is 8.70. The van der Waals surface area contributed by atoms with Gasteiger partial charge in [-0.25, -0.2) is 9.97 Å². The topological polar surface area (TPSA) is 90.5 Å². The summed E-state index contributed by atoms with van der Waals surface area (Å²) in [6, 6.07) is 9.28. The van der Waals surface area contributed by atoms with Crippen molar-refractivity contribution in [3.8, 4) is 0 Å². The van der Waals surface area contributed by atoms with Crippen molar-refractivity contribution in [2.45, 2.75) is 37.9 Å². The third kappa shape index (κ3) is 5.01. The summed E-state index contributed by atoms with van der Waals surface area (Å²) >= 11 is 1.08. The van der Waals surface area contributed by atoms with Crippen molar-refractivity contribution in [1.29, 1.82) is 0 Å². The molecule has 0 atom stereocenters. The molecule has 202 valence electrons. The second-order valence-corrected chi connectivity index (χ2v) is 11.6. The number of fused-ring (bicyclic) bond motifs is 1. The van der Waals surface area contributed by atoms with Crippen LogP contribution in [0.1, 0.15) is 35.9 Å². The number of carbonyl (C=O) groups excluding carboxylic acids is 2. The average molecular weight is 547 g/mol. The van der Waals surface area contributed by atoms with Gasteiger partial charge in [0.05, 0.1) is 18.4 Å². The number of amides is 2. The minimum Gasteiger partial charge on any atom is -0.382 e. The Morgan fingerprint density at radius 3 is 2.74 bits per heavy atom. The van der Waals surface area contributed by atoms with Crippen LogP contribution >= 0.6 is 11.3 Å². The Labute approximate surface area is 222 Å². The van der Waals surface area contributed by atoms with Crippen molar-refractivity contribution < 1.29 is 24.2 Å². The van der Waals surface area contributed by atoms with E-state index in [2.05, 4.69) is 25.5 Å². The number of benzene rings is 1. The Balaban J connectivity index is 0.00000308. The lowest BCUT2D eigenvalue weighted by atomic mass is 9.65. The predicted octanol–water partition coefficient (Wildman–Crippen LogP) is 4.09. The molecular formula is C26H29F3N6O2S. The van der Waals surface area contributed by atoms with Gasteiger partial charge in [0.2, 0.25) is 5.91 Å². The summed E-state index contributed by atoms with van der Waals surface area (Å²) in [6.07, 6.45) is -0.769. The molecule has 2 amide bonds. The molecule has 4 heterocycles. The quantitative estimate of drug-likeness (QED) is 0.501. The fourth-order valence-electron chi connectivity index (χ4n) is 5.91. The SMILES string of the molecule is O=C1CN(C(=O)c2ccc(NC3CC4(CCN(c5ncnc6sc(CC(F)(F)F)cc56)C4)C3)cc2)CCN1.[HH]. The van der Waals surface area contributed by atoms with Gasteiger partial charge in [0.15, 0.2) is 0 Å². The Hall–Kier alpha value is -3.41. The zero-order chi connectivity index (χ0) is 26.5. The van der Waals surface area contributed by atoms with E-state index < -0.39 is 12.6 Å². The van der Waals surface area contributed by atoms with Gasteiger partial charge in [-0.3, -0.25) is 9.59 Å². The summed E-state index contributed by atoms with van der Waals surface area (Å²) in [7, 11) is 0. The first-order chi connectivity index (χ1) is 18.2. The van der Waals surface area contributed by atoms with Gasteiger partial charge in [-0.1, -0.05) is 0 Å². The minimum atomic E-state index is -4.25. The molecule has 3 aliphatic rings. The first kappa shape index (κ1) is 24.9. The highest BCUT2D eigenvalue weighted by molar-refractivity contribution is 7.18. The maximum absolute atomic E-state index is 12.9. The lowest BCUT2D eigenvalue weighted by Crippen LogP contribution is -2.49. The van der Waals surface area contributed by atoms with Crippen LogP contribution in [0.15, 0.2) is 36.7 Å². The Kier molecular flexibility index (Phi) is 6.16. The molecule has 3 fully saturated rings. The number of nitrogens with one attached hydrogen (secondary N) is 2. The molecule has 2 N–H and O–H groups in total. The molecule has 2 aliphatic heterocycles. The van der Waals surface area contributed by atoms with Crippen LogP contribution < -0.4 is 15.5 Å². The Morgan fingerprint density at radius 1 is 1.21 bits per heavy atom. The molecule has 1 aliphatic carbocycles. The molecular weight excluding hydrogens is 517 g/mol. The first-order valence-corrected chi connectivity index (χ1v) is 13.5. The zero-order valence-corrected chi connectivity index (χ0v) is 21.4. The number of halogens is 3. The van der Waals surface area contributed by atoms with Crippen molar-refractivity contribution in [3.05, 3.63) is 47.1 Å². The summed E-state index contributed by atoms with van der Waals surface area (Å²) in [5, 5.41) is 6.97. The molecule has 1 aromatic carbocycles. The van der Waals surface area contributed by atoms with E-state index in [-0.39, 0.29) is 30.1 Å². The summed E-state index contributed by atoms with van der Waals surface area (Å²) in [6.45, 7) is 2.70. The normalized spacial score (nSPS) is 23.6.